The topological polar surface area (TPSA) is 85.8 Å². The molecule has 3 heterocycles. The molecular formula is C24H17F4N5O2. The van der Waals surface area contributed by atoms with E-state index in [2.05, 4.69) is 21.0 Å². The van der Waals surface area contributed by atoms with E-state index in [0.29, 0.717) is 39.7 Å². The van der Waals surface area contributed by atoms with E-state index in [-0.39, 0.29) is 12.3 Å². The molecule has 0 saturated heterocycles. The molecule has 7 nitrogen and oxygen atoms in total. The lowest BCUT2D eigenvalue weighted by Crippen LogP contribution is -2.08. The Labute approximate surface area is 197 Å². The van der Waals surface area contributed by atoms with Crippen LogP contribution < -0.4 is 9.47 Å². The van der Waals surface area contributed by atoms with Gasteiger partial charge in [0.1, 0.15) is 47.1 Å². The standard InChI is InChI=1S/C24H17F4N5O2/c1-33-18(10-29)22(32-23(33)15-4-8-21(25)31-12-15)17-6-5-16(9-19(17)34-2)35-13-14-3-7-20(30-11-14)24(26,27)28/h3-9,11-12H,13H2,1-2H3. The summed E-state index contributed by atoms with van der Waals surface area (Å²) in [5.41, 5.74) is 1.13. The molecule has 0 spiro atoms. The van der Waals surface area contributed by atoms with Gasteiger partial charge in [0.2, 0.25) is 5.95 Å². The number of nitrogens with zero attached hydrogens (tertiary/aromatic N) is 5. The monoisotopic (exact) mass is 483 g/mol. The van der Waals surface area contributed by atoms with Gasteiger partial charge in [-0.25, -0.2) is 9.97 Å². The van der Waals surface area contributed by atoms with E-state index in [0.717, 1.165) is 12.3 Å². The van der Waals surface area contributed by atoms with E-state index >= 15 is 0 Å². The van der Waals surface area contributed by atoms with Crippen LogP contribution in [0, 0.1) is 17.3 Å². The summed E-state index contributed by atoms with van der Waals surface area (Å²) >= 11 is 0. The van der Waals surface area contributed by atoms with Crippen LogP contribution in [0.4, 0.5) is 17.6 Å². The summed E-state index contributed by atoms with van der Waals surface area (Å²) in [5.74, 6) is 0.545. The minimum absolute atomic E-state index is 0.0115. The third kappa shape index (κ3) is 4.91. The van der Waals surface area contributed by atoms with Crippen LogP contribution in [0.25, 0.3) is 22.6 Å². The van der Waals surface area contributed by atoms with Gasteiger partial charge in [-0.05, 0) is 30.3 Å². The number of hydrogen-bond acceptors (Lipinski definition) is 6. The van der Waals surface area contributed by atoms with E-state index in [1.54, 1.807) is 29.8 Å². The molecule has 0 bridgehead atoms. The van der Waals surface area contributed by atoms with Crippen molar-refractivity contribution in [1.82, 2.24) is 19.5 Å². The number of imidazole rings is 1. The van der Waals surface area contributed by atoms with Gasteiger partial charge in [0.15, 0.2) is 0 Å². The predicted octanol–water partition coefficient (Wildman–Crippen LogP) is 5.16. The molecule has 3 aromatic heterocycles. The fourth-order valence-electron chi connectivity index (χ4n) is 3.38. The van der Waals surface area contributed by atoms with Crippen molar-refractivity contribution in [3.63, 3.8) is 0 Å². The average Bonchev–Trinajstić information content (AvgIpc) is 3.18. The second kappa shape index (κ2) is 9.42. The quantitative estimate of drug-likeness (QED) is 0.278. The second-order valence-corrected chi connectivity index (χ2v) is 7.37. The van der Waals surface area contributed by atoms with Gasteiger partial charge in [0.05, 0.1) is 7.11 Å². The normalized spacial score (nSPS) is 11.2. The molecule has 0 aliphatic carbocycles. The number of aromatic nitrogens is 4. The summed E-state index contributed by atoms with van der Waals surface area (Å²) in [6.45, 7) is -0.0115. The minimum atomic E-state index is -4.51. The predicted molar refractivity (Wildman–Crippen MR) is 117 cm³/mol. The van der Waals surface area contributed by atoms with Crippen molar-refractivity contribution >= 4 is 0 Å². The lowest BCUT2D eigenvalue weighted by Gasteiger charge is -2.12. The molecule has 1 aromatic carbocycles. The molecule has 0 radical (unpaired) electrons. The van der Waals surface area contributed by atoms with Crippen LogP contribution in [0.5, 0.6) is 11.5 Å². The van der Waals surface area contributed by atoms with Gasteiger partial charge >= 0.3 is 6.18 Å². The lowest BCUT2D eigenvalue weighted by molar-refractivity contribution is -0.141. The van der Waals surface area contributed by atoms with E-state index in [4.69, 9.17) is 9.47 Å². The molecule has 0 N–H and O–H groups in total. The molecule has 35 heavy (non-hydrogen) atoms. The molecule has 0 atom stereocenters. The van der Waals surface area contributed by atoms with Gasteiger partial charge < -0.3 is 14.0 Å². The number of hydrogen-bond donors (Lipinski definition) is 0. The van der Waals surface area contributed by atoms with Gasteiger partial charge in [-0.1, -0.05) is 6.07 Å². The molecule has 0 aliphatic heterocycles. The first-order valence-corrected chi connectivity index (χ1v) is 10.1. The third-order valence-corrected chi connectivity index (χ3v) is 5.14. The Hall–Kier alpha value is -4.46. The Morgan fingerprint density at radius 3 is 2.46 bits per heavy atom. The number of nitriles is 1. The van der Waals surface area contributed by atoms with E-state index < -0.39 is 17.8 Å². The van der Waals surface area contributed by atoms with Gasteiger partial charge in [-0.3, -0.25) is 4.98 Å². The molecule has 178 valence electrons. The lowest BCUT2D eigenvalue weighted by atomic mass is 10.1. The first-order chi connectivity index (χ1) is 16.7. The molecule has 0 saturated carbocycles. The number of methoxy groups -OCH3 is 1. The summed E-state index contributed by atoms with van der Waals surface area (Å²) in [5, 5.41) is 9.73. The maximum Gasteiger partial charge on any atom is 0.433 e. The van der Waals surface area contributed by atoms with Crippen molar-refractivity contribution in [3.8, 4) is 40.2 Å². The Morgan fingerprint density at radius 1 is 1.06 bits per heavy atom. The highest BCUT2D eigenvalue weighted by Crippen LogP contribution is 2.36. The number of pyridine rings is 2. The number of alkyl halides is 3. The SMILES string of the molecule is COc1cc(OCc2ccc(C(F)(F)F)nc2)ccc1-c1nc(-c2ccc(F)nc2)n(C)c1C#N. The van der Waals surface area contributed by atoms with Crippen LogP contribution in [0.1, 0.15) is 17.0 Å². The number of ether oxygens (including phenoxy) is 2. The molecule has 4 rings (SSSR count). The molecule has 11 heteroatoms. The van der Waals surface area contributed by atoms with Crippen LogP contribution in [0.2, 0.25) is 0 Å². The molecule has 0 fully saturated rings. The number of benzene rings is 1. The van der Waals surface area contributed by atoms with Crippen LogP contribution >= 0.6 is 0 Å². The van der Waals surface area contributed by atoms with Gasteiger partial charge in [-0.2, -0.15) is 22.8 Å². The molecule has 4 aromatic rings. The average molecular weight is 483 g/mol. The van der Waals surface area contributed by atoms with Crippen molar-refractivity contribution in [2.24, 2.45) is 7.05 Å². The zero-order chi connectivity index (χ0) is 25.2. The summed E-state index contributed by atoms with van der Waals surface area (Å²) in [6.07, 6.45) is -2.08. The Balaban J connectivity index is 1.61. The summed E-state index contributed by atoms with van der Waals surface area (Å²) in [4.78, 5) is 11.6. The summed E-state index contributed by atoms with van der Waals surface area (Å²) in [7, 11) is 3.11. The van der Waals surface area contributed by atoms with Gasteiger partial charge in [0, 0.05) is 42.2 Å². The highest BCUT2D eigenvalue weighted by Gasteiger charge is 2.32. The van der Waals surface area contributed by atoms with Crippen LogP contribution in [-0.4, -0.2) is 26.6 Å². The van der Waals surface area contributed by atoms with Crippen molar-refractivity contribution in [2.45, 2.75) is 12.8 Å². The van der Waals surface area contributed by atoms with Crippen LogP contribution in [0.3, 0.4) is 0 Å². The Morgan fingerprint density at radius 2 is 1.86 bits per heavy atom. The Kier molecular flexibility index (Phi) is 6.38. The van der Waals surface area contributed by atoms with E-state index in [1.807, 2.05) is 0 Å². The molecule has 0 aliphatic rings. The smallest absolute Gasteiger partial charge is 0.433 e. The summed E-state index contributed by atoms with van der Waals surface area (Å²) < 4.78 is 64.0. The second-order valence-electron chi connectivity index (χ2n) is 7.37. The first kappa shape index (κ1) is 23.7. The first-order valence-electron chi connectivity index (χ1n) is 10.1. The van der Waals surface area contributed by atoms with Crippen molar-refractivity contribution in [1.29, 1.82) is 5.26 Å². The summed E-state index contributed by atoms with van der Waals surface area (Å²) in [6, 6.07) is 11.9. The fraction of sp³-hybridized carbons (Fsp3) is 0.167. The minimum Gasteiger partial charge on any atom is -0.496 e. The maximum atomic E-state index is 13.2. The zero-order valence-corrected chi connectivity index (χ0v) is 18.5. The van der Waals surface area contributed by atoms with Crippen LogP contribution in [-0.2, 0) is 19.8 Å². The van der Waals surface area contributed by atoms with E-state index in [1.165, 1.54) is 31.5 Å². The van der Waals surface area contributed by atoms with Gasteiger partial charge in [-0.15, -0.1) is 0 Å². The number of rotatable bonds is 6. The molecule has 0 amide bonds. The van der Waals surface area contributed by atoms with E-state index in [9.17, 15) is 22.8 Å². The number of halogens is 4. The fourth-order valence-corrected chi connectivity index (χ4v) is 3.38. The van der Waals surface area contributed by atoms with Crippen molar-refractivity contribution in [2.75, 3.05) is 7.11 Å². The largest absolute Gasteiger partial charge is 0.496 e. The third-order valence-electron chi connectivity index (χ3n) is 5.14. The molecular weight excluding hydrogens is 466 g/mol. The highest BCUT2D eigenvalue weighted by molar-refractivity contribution is 5.75. The highest BCUT2D eigenvalue weighted by atomic mass is 19.4. The van der Waals surface area contributed by atoms with Gasteiger partial charge in [0.25, 0.3) is 0 Å². The van der Waals surface area contributed by atoms with Crippen molar-refractivity contribution in [3.05, 3.63) is 77.8 Å². The maximum absolute atomic E-state index is 13.2. The van der Waals surface area contributed by atoms with Crippen molar-refractivity contribution < 1.29 is 27.0 Å². The van der Waals surface area contributed by atoms with Crippen LogP contribution in [0.15, 0.2) is 54.9 Å². The molecule has 0 unspecified atom stereocenters. The zero-order valence-electron chi connectivity index (χ0n) is 18.5. The Bertz CT molecular complexity index is 1390.